The number of aryl methyl sites for hydroxylation is 1. The molecule has 0 saturated carbocycles. The first-order chi connectivity index (χ1) is 14.0. The first-order valence-corrected chi connectivity index (χ1v) is 9.60. The number of likely N-dealkylation sites (tertiary alicyclic amines) is 1. The molecule has 29 heavy (non-hydrogen) atoms. The van der Waals surface area contributed by atoms with Crippen molar-refractivity contribution >= 4 is 39.5 Å². The molecule has 1 aliphatic rings. The van der Waals surface area contributed by atoms with E-state index in [2.05, 4.69) is 0 Å². The average Bonchev–Trinajstić information content (AvgIpc) is 3.09. The van der Waals surface area contributed by atoms with Crippen LogP contribution in [0.25, 0.3) is 21.7 Å². The van der Waals surface area contributed by atoms with Crippen LogP contribution in [0, 0.1) is 12.8 Å². The fourth-order valence-corrected chi connectivity index (χ4v) is 3.86. The van der Waals surface area contributed by atoms with Gasteiger partial charge in [0.05, 0.1) is 5.92 Å². The van der Waals surface area contributed by atoms with E-state index in [1.807, 2.05) is 36.4 Å². The van der Waals surface area contributed by atoms with Gasteiger partial charge in [0.15, 0.2) is 6.61 Å². The topological polar surface area (TPSA) is 103 Å². The summed E-state index contributed by atoms with van der Waals surface area (Å²) in [6.07, 6.45) is 1.37. The smallest absolute Gasteiger partial charge is 0.375 e. The SMILES string of the molecule is Cc1c(C(=O)OCC(=O)N2CCC[C@@H](C(N)=O)C2)oc2c1ccc1ccccc12. The summed E-state index contributed by atoms with van der Waals surface area (Å²) in [4.78, 5) is 37.9. The summed E-state index contributed by atoms with van der Waals surface area (Å²) >= 11 is 0. The zero-order valence-corrected chi connectivity index (χ0v) is 16.1. The lowest BCUT2D eigenvalue weighted by atomic mass is 9.97. The van der Waals surface area contributed by atoms with Crippen LogP contribution >= 0.6 is 0 Å². The molecule has 150 valence electrons. The molecular weight excluding hydrogens is 372 g/mol. The number of esters is 1. The van der Waals surface area contributed by atoms with E-state index >= 15 is 0 Å². The Morgan fingerprint density at radius 1 is 1.17 bits per heavy atom. The number of primary amides is 1. The summed E-state index contributed by atoms with van der Waals surface area (Å²) in [5.74, 6) is -1.69. The number of benzene rings is 2. The molecule has 1 atom stereocenters. The van der Waals surface area contributed by atoms with E-state index in [-0.39, 0.29) is 24.1 Å². The van der Waals surface area contributed by atoms with Crippen LogP contribution in [0.3, 0.4) is 0 Å². The monoisotopic (exact) mass is 394 g/mol. The van der Waals surface area contributed by atoms with E-state index in [9.17, 15) is 14.4 Å². The Hall–Kier alpha value is -3.35. The predicted molar refractivity (Wildman–Crippen MR) is 107 cm³/mol. The molecule has 2 N–H and O–H groups in total. The Bertz CT molecular complexity index is 1120. The minimum atomic E-state index is -0.681. The summed E-state index contributed by atoms with van der Waals surface area (Å²) in [6, 6.07) is 11.6. The van der Waals surface area contributed by atoms with Crippen molar-refractivity contribution in [3.05, 3.63) is 47.7 Å². The van der Waals surface area contributed by atoms with Crippen molar-refractivity contribution in [2.75, 3.05) is 19.7 Å². The highest BCUT2D eigenvalue weighted by atomic mass is 16.5. The summed E-state index contributed by atoms with van der Waals surface area (Å²) in [7, 11) is 0. The maximum atomic E-state index is 12.6. The number of fused-ring (bicyclic) bond motifs is 3. The average molecular weight is 394 g/mol. The van der Waals surface area contributed by atoms with Gasteiger partial charge in [-0.3, -0.25) is 9.59 Å². The van der Waals surface area contributed by atoms with E-state index in [1.165, 1.54) is 4.90 Å². The molecule has 7 heteroatoms. The van der Waals surface area contributed by atoms with Crippen LogP contribution in [0.5, 0.6) is 0 Å². The molecule has 0 aliphatic carbocycles. The van der Waals surface area contributed by atoms with Crippen molar-refractivity contribution in [3.8, 4) is 0 Å². The van der Waals surface area contributed by atoms with Gasteiger partial charge in [-0.15, -0.1) is 0 Å². The first kappa shape index (κ1) is 19.0. The van der Waals surface area contributed by atoms with E-state index < -0.39 is 18.5 Å². The molecular formula is C22H22N2O5. The van der Waals surface area contributed by atoms with Crippen molar-refractivity contribution in [1.29, 1.82) is 0 Å². The molecule has 0 bridgehead atoms. The normalized spacial score (nSPS) is 16.9. The molecule has 2 aromatic carbocycles. The number of furan rings is 1. The summed E-state index contributed by atoms with van der Waals surface area (Å²) < 4.78 is 11.1. The van der Waals surface area contributed by atoms with E-state index in [1.54, 1.807) is 6.92 Å². The second kappa shape index (κ2) is 7.58. The zero-order valence-electron chi connectivity index (χ0n) is 16.1. The highest BCUT2D eigenvalue weighted by Gasteiger charge is 2.28. The van der Waals surface area contributed by atoms with Crippen LogP contribution in [0.1, 0.15) is 29.0 Å². The number of nitrogens with two attached hydrogens (primary N) is 1. The summed E-state index contributed by atoms with van der Waals surface area (Å²) in [6.45, 7) is 2.18. The molecule has 1 aromatic heterocycles. The molecule has 2 heterocycles. The van der Waals surface area contributed by atoms with Gasteiger partial charge < -0.3 is 19.8 Å². The fraction of sp³-hybridized carbons (Fsp3) is 0.318. The van der Waals surface area contributed by atoms with Gasteiger partial charge in [-0.1, -0.05) is 36.4 Å². The van der Waals surface area contributed by atoms with Crippen molar-refractivity contribution in [2.24, 2.45) is 11.7 Å². The Morgan fingerprint density at radius 2 is 1.97 bits per heavy atom. The van der Waals surface area contributed by atoms with Gasteiger partial charge in [-0.05, 0) is 25.2 Å². The predicted octanol–water partition coefficient (Wildman–Crippen LogP) is 2.78. The van der Waals surface area contributed by atoms with Crippen LogP contribution in [0.2, 0.25) is 0 Å². The number of hydrogen-bond acceptors (Lipinski definition) is 5. The minimum absolute atomic E-state index is 0.0952. The Balaban J connectivity index is 1.49. The largest absolute Gasteiger partial charge is 0.450 e. The summed E-state index contributed by atoms with van der Waals surface area (Å²) in [5, 5.41) is 2.76. The quantitative estimate of drug-likeness (QED) is 0.686. The van der Waals surface area contributed by atoms with Gasteiger partial charge in [-0.2, -0.15) is 0 Å². The van der Waals surface area contributed by atoms with Crippen molar-refractivity contribution in [3.63, 3.8) is 0 Å². The molecule has 7 nitrogen and oxygen atoms in total. The molecule has 3 aromatic rings. The van der Waals surface area contributed by atoms with Crippen LogP contribution in [0.15, 0.2) is 40.8 Å². The number of amides is 2. The van der Waals surface area contributed by atoms with Gasteiger partial charge in [0.25, 0.3) is 5.91 Å². The Morgan fingerprint density at radius 3 is 2.76 bits per heavy atom. The van der Waals surface area contributed by atoms with Crippen LogP contribution in [-0.4, -0.2) is 42.4 Å². The second-order valence-electron chi connectivity index (χ2n) is 7.38. The number of ether oxygens (including phenoxy) is 1. The van der Waals surface area contributed by atoms with Crippen molar-refractivity contribution in [2.45, 2.75) is 19.8 Å². The zero-order chi connectivity index (χ0) is 20.5. The number of rotatable bonds is 4. The first-order valence-electron chi connectivity index (χ1n) is 9.60. The lowest BCUT2D eigenvalue weighted by molar-refractivity contribution is -0.137. The van der Waals surface area contributed by atoms with E-state index in [0.29, 0.717) is 30.5 Å². The number of hydrogen-bond donors (Lipinski definition) is 1. The van der Waals surface area contributed by atoms with E-state index in [4.69, 9.17) is 14.9 Å². The lowest BCUT2D eigenvalue weighted by Crippen LogP contribution is -2.45. The number of nitrogens with zero attached hydrogens (tertiary/aromatic N) is 1. The van der Waals surface area contributed by atoms with Crippen molar-refractivity contribution < 1.29 is 23.5 Å². The third-order valence-electron chi connectivity index (χ3n) is 5.52. The third kappa shape index (κ3) is 3.55. The van der Waals surface area contributed by atoms with Gasteiger partial charge >= 0.3 is 5.97 Å². The molecule has 0 spiro atoms. The van der Waals surface area contributed by atoms with Crippen LogP contribution in [0.4, 0.5) is 0 Å². The number of carbonyl (C=O) groups excluding carboxylic acids is 3. The second-order valence-corrected chi connectivity index (χ2v) is 7.38. The number of piperidine rings is 1. The maximum absolute atomic E-state index is 12.6. The minimum Gasteiger partial charge on any atom is -0.450 e. The Labute approximate surface area is 167 Å². The Kier molecular flexibility index (Phi) is 4.96. The highest BCUT2D eigenvalue weighted by molar-refractivity contribution is 6.08. The summed E-state index contributed by atoms with van der Waals surface area (Å²) in [5.41, 5.74) is 6.65. The number of carbonyl (C=O) groups is 3. The standard InChI is InChI=1S/C22H22N2O5/c1-13-16-9-8-14-5-2-3-7-17(14)20(16)29-19(13)22(27)28-12-18(25)24-10-4-6-15(11-24)21(23)26/h2-3,5,7-9,15H,4,6,10-12H2,1H3,(H2,23,26)/t15-/m1/s1. The molecule has 4 rings (SSSR count). The van der Waals surface area contributed by atoms with Gasteiger partial charge in [0, 0.05) is 29.4 Å². The van der Waals surface area contributed by atoms with Crippen LogP contribution < -0.4 is 5.73 Å². The molecule has 0 radical (unpaired) electrons. The molecule has 1 fully saturated rings. The molecule has 1 saturated heterocycles. The maximum Gasteiger partial charge on any atom is 0.375 e. The van der Waals surface area contributed by atoms with Gasteiger partial charge in [-0.25, -0.2) is 4.79 Å². The van der Waals surface area contributed by atoms with Gasteiger partial charge in [0.1, 0.15) is 5.58 Å². The van der Waals surface area contributed by atoms with Crippen molar-refractivity contribution in [1.82, 2.24) is 4.90 Å². The van der Waals surface area contributed by atoms with Gasteiger partial charge in [0.2, 0.25) is 11.7 Å². The highest BCUT2D eigenvalue weighted by Crippen LogP contribution is 2.32. The lowest BCUT2D eigenvalue weighted by Gasteiger charge is -2.30. The van der Waals surface area contributed by atoms with Crippen LogP contribution in [-0.2, 0) is 14.3 Å². The fourth-order valence-electron chi connectivity index (χ4n) is 3.86. The molecule has 2 amide bonds. The third-order valence-corrected chi connectivity index (χ3v) is 5.52. The molecule has 0 unspecified atom stereocenters. The van der Waals surface area contributed by atoms with E-state index in [0.717, 1.165) is 16.2 Å². The molecule has 1 aliphatic heterocycles.